The molecule has 0 aliphatic rings. The van der Waals surface area contributed by atoms with E-state index in [4.69, 9.17) is 4.42 Å². The highest BCUT2D eigenvalue weighted by molar-refractivity contribution is 6.29. The molecule has 2 rings (SSSR count). The molecular weight excluding hydrogens is 171 g/mol. The van der Waals surface area contributed by atoms with Crippen molar-refractivity contribution in [1.29, 1.82) is 0 Å². The summed E-state index contributed by atoms with van der Waals surface area (Å²) in [6, 6.07) is 8.66. The highest BCUT2D eigenvalue weighted by Gasteiger charge is 2.01. The van der Waals surface area contributed by atoms with Gasteiger partial charge in [-0.15, -0.1) is 0 Å². The van der Waals surface area contributed by atoms with Gasteiger partial charge in [0.2, 0.25) is 0 Å². The van der Waals surface area contributed by atoms with E-state index in [0.29, 0.717) is 5.58 Å². The Kier molecular flexibility index (Phi) is 1.96. The molecule has 0 N–H and O–H groups in total. The summed E-state index contributed by atoms with van der Waals surface area (Å²) >= 11 is 0. The summed E-state index contributed by atoms with van der Waals surface area (Å²) in [5.74, 6) is -0.0313. The standard InChI is InChI=1S/C8H5BO4/c10-9(11)13-8-5-6-3-1-2-4-7(6)12-8/h1-5H/q-2. The number of hydrogen-bond acceptors (Lipinski definition) is 4. The first kappa shape index (κ1) is 8.16. The van der Waals surface area contributed by atoms with E-state index < -0.39 is 7.32 Å². The van der Waals surface area contributed by atoms with Gasteiger partial charge in [0.25, 0.3) is 5.95 Å². The maximum atomic E-state index is 10.1. The fourth-order valence-electron chi connectivity index (χ4n) is 1.11. The van der Waals surface area contributed by atoms with Crippen LogP contribution in [0.3, 0.4) is 0 Å². The first-order valence-electron chi connectivity index (χ1n) is 3.72. The van der Waals surface area contributed by atoms with Crippen LogP contribution in [0.2, 0.25) is 0 Å². The molecule has 0 bridgehead atoms. The normalized spacial score (nSPS) is 10.3. The van der Waals surface area contributed by atoms with E-state index in [1.807, 2.05) is 6.07 Å². The Hall–Kier alpha value is -1.46. The van der Waals surface area contributed by atoms with Gasteiger partial charge in [-0.2, -0.15) is 0 Å². The summed E-state index contributed by atoms with van der Waals surface area (Å²) in [4.78, 5) is 0. The van der Waals surface area contributed by atoms with E-state index in [-0.39, 0.29) is 5.95 Å². The molecule has 1 heterocycles. The van der Waals surface area contributed by atoms with Crippen LogP contribution in [-0.2, 0) is 0 Å². The summed E-state index contributed by atoms with van der Waals surface area (Å²) in [5, 5.41) is 21.1. The molecule has 1 aromatic heterocycles. The van der Waals surface area contributed by atoms with Crippen LogP contribution in [0, 0.1) is 0 Å². The molecule has 5 heteroatoms. The monoisotopic (exact) mass is 176 g/mol. The zero-order chi connectivity index (χ0) is 9.26. The van der Waals surface area contributed by atoms with Gasteiger partial charge in [-0.3, -0.25) is 0 Å². The van der Waals surface area contributed by atoms with Gasteiger partial charge in [-0.25, -0.2) is 0 Å². The Morgan fingerprint density at radius 1 is 1.23 bits per heavy atom. The van der Waals surface area contributed by atoms with E-state index in [9.17, 15) is 10.0 Å². The smallest absolute Gasteiger partial charge is 0.264 e. The van der Waals surface area contributed by atoms with Crippen molar-refractivity contribution in [2.45, 2.75) is 0 Å². The molecule has 0 saturated heterocycles. The second kappa shape index (κ2) is 3.12. The van der Waals surface area contributed by atoms with Crippen LogP contribution >= 0.6 is 0 Å². The summed E-state index contributed by atoms with van der Waals surface area (Å²) in [5.41, 5.74) is 0.596. The fourth-order valence-corrected chi connectivity index (χ4v) is 1.11. The van der Waals surface area contributed by atoms with Crippen LogP contribution in [0.15, 0.2) is 34.7 Å². The first-order chi connectivity index (χ1) is 6.25. The SMILES string of the molecule is [O-]B([O-])Oc1cc2ccccc2o1. The van der Waals surface area contributed by atoms with Crippen molar-refractivity contribution in [3.63, 3.8) is 0 Å². The van der Waals surface area contributed by atoms with E-state index in [1.54, 1.807) is 18.2 Å². The van der Waals surface area contributed by atoms with Gasteiger partial charge in [-0.1, -0.05) is 18.2 Å². The number of para-hydroxylation sites is 1. The van der Waals surface area contributed by atoms with E-state index >= 15 is 0 Å². The average Bonchev–Trinajstić information content (AvgIpc) is 2.44. The lowest BCUT2D eigenvalue weighted by Crippen LogP contribution is -2.50. The molecule has 0 spiro atoms. The Labute approximate surface area is 74.5 Å². The van der Waals surface area contributed by atoms with Crippen molar-refractivity contribution in [3.8, 4) is 5.95 Å². The van der Waals surface area contributed by atoms with Crippen LogP contribution in [0.4, 0.5) is 0 Å². The van der Waals surface area contributed by atoms with Gasteiger partial charge in [0, 0.05) is 11.5 Å². The summed E-state index contributed by atoms with van der Waals surface area (Å²) < 4.78 is 9.38. The number of furan rings is 1. The largest absolute Gasteiger partial charge is 0.860 e. The van der Waals surface area contributed by atoms with Gasteiger partial charge in [-0.05, 0) is 6.07 Å². The maximum Gasteiger partial charge on any atom is 0.264 e. The van der Waals surface area contributed by atoms with E-state index in [0.717, 1.165) is 5.39 Å². The van der Waals surface area contributed by atoms with Crippen molar-refractivity contribution in [2.75, 3.05) is 0 Å². The maximum absolute atomic E-state index is 10.1. The third kappa shape index (κ3) is 1.66. The molecule has 0 atom stereocenters. The van der Waals surface area contributed by atoms with Crippen molar-refractivity contribution in [3.05, 3.63) is 30.3 Å². The summed E-state index contributed by atoms with van der Waals surface area (Å²) in [6.07, 6.45) is 0. The molecule has 0 amide bonds. The van der Waals surface area contributed by atoms with Gasteiger partial charge < -0.3 is 19.1 Å². The topological polar surface area (TPSA) is 68.5 Å². The zero-order valence-corrected chi connectivity index (χ0v) is 6.60. The highest BCUT2D eigenvalue weighted by Crippen LogP contribution is 2.23. The van der Waals surface area contributed by atoms with Crippen molar-refractivity contribution >= 4 is 18.3 Å². The van der Waals surface area contributed by atoms with Crippen molar-refractivity contribution < 1.29 is 19.1 Å². The molecule has 0 unspecified atom stereocenters. The summed E-state index contributed by atoms with van der Waals surface area (Å²) in [6.45, 7) is 0. The third-order valence-corrected chi connectivity index (χ3v) is 1.62. The van der Waals surface area contributed by atoms with Gasteiger partial charge in [0.05, 0.1) is 0 Å². The Balaban J connectivity index is 2.38. The third-order valence-electron chi connectivity index (χ3n) is 1.62. The molecule has 0 fully saturated rings. The quantitative estimate of drug-likeness (QED) is 0.579. The van der Waals surface area contributed by atoms with Crippen LogP contribution < -0.4 is 14.7 Å². The number of hydrogen-bond donors (Lipinski definition) is 0. The van der Waals surface area contributed by atoms with Crippen molar-refractivity contribution in [1.82, 2.24) is 0 Å². The molecule has 2 aromatic rings. The number of benzene rings is 1. The zero-order valence-electron chi connectivity index (χ0n) is 6.60. The molecule has 0 radical (unpaired) electrons. The second-order valence-electron chi connectivity index (χ2n) is 2.51. The van der Waals surface area contributed by atoms with Gasteiger partial charge in [0.15, 0.2) is 0 Å². The van der Waals surface area contributed by atoms with Crippen LogP contribution in [-0.4, -0.2) is 7.32 Å². The highest BCUT2D eigenvalue weighted by atomic mass is 16.7. The lowest BCUT2D eigenvalue weighted by Gasteiger charge is -2.24. The predicted molar refractivity (Wildman–Crippen MR) is 42.6 cm³/mol. The average molecular weight is 176 g/mol. The molecular formula is C8H5BO4-2. The lowest BCUT2D eigenvalue weighted by molar-refractivity contribution is -0.373. The molecule has 0 aliphatic carbocycles. The van der Waals surface area contributed by atoms with Crippen LogP contribution in [0.1, 0.15) is 0 Å². The molecule has 0 saturated carbocycles. The lowest BCUT2D eigenvalue weighted by atomic mass is 10.2. The minimum Gasteiger partial charge on any atom is -0.860 e. The van der Waals surface area contributed by atoms with E-state index in [1.165, 1.54) is 6.07 Å². The van der Waals surface area contributed by atoms with Gasteiger partial charge >= 0.3 is 0 Å². The van der Waals surface area contributed by atoms with Crippen LogP contribution in [0.5, 0.6) is 5.95 Å². The Morgan fingerprint density at radius 3 is 2.69 bits per heavy atom. The minimum atomic E-state index is -2.35. The summed E-state index contributed by atoms with van der Waals surface area (Å²) in [7, 11) is -2.35. The molecule has 4 nitrogen and oxygen atoms in total. The molecule has 0 aliphatic heterocycles. The minimum absolute atomic E-state index is 0.0313. The number of rotatable bonds is 2. The molecule has 66 valence electrons. The van der Waals surface area contributed by atoms with Crippen molar-refractivity contribution in [2.24, 2.45) is 0 Å². The van der Waals surface area contributed by atoms with Gasteiger partial charge in [0.1, 0.15) is 12.9 Å². The molecule has 13 heavy (non-hydrogen) atoms. The Bertz CT molecular complexity index is 376. The second-order valence-corrected chi connectivity index (χ2v) is 2.51. The first-order valence-corrected chi connectivity index (χ1v) is 3.72. The van der Waals surface area contributed by atoms with E-state index in [2.05, 4.69) is 4.65 Å². The number of fused-ring (bicyclic) bond motifs is 1. The predicted octanol–water partition coefficient (Wildman–Crippen LogP) is -0.483. The molecule has 1 aromatic carbocycles. The fraction of sp³-hybridized carbons (Fsp3) is 0. The van der Waals surface area contributed by atoms with Crippen LogP contribution in [0.25, 0.3) is 11.0 Å². The Morgan fingerprint density at radius 2 is 2.00 bits per heavy atom.